The Morgan fingerprint density at radius 1 is 0.970 bits per heavy atom. The predicted molar refractivity (Wildman–Crippen MR) is 130 cm³/mol. The van der Waals surface area contributed by atoms with Crippen molar-refractivity contribution in [2.45, 2.75) is 39.9 Å². The topological polar surface area (TPSA) is 61.8 Å². The first kappa shape index (κ1) is 24.7. The molecule has 0 bridgehead atoms. The molecule has 3 rings (SSSR count). The third-order valence-electron chi connectivity index (χ3n) is 5.77. The number of benzene rings is 2. The van der Waals surface area contributed by atoms with Gasteiger partial charge in [-0.15, -0.1) is 11.3 Å². The Balaban J connectivity index is 1.83. The molecule has 0 unspecified atom stereocenters. The SMILES string of the molecule is COC(=O)[C@@H](C)[C@H](c1ccc(C)c(COCc2ccc(OC)cc2)c1)c1ccc(C(C)=O)s1. The summed E-state index contributed by atoms with van der Waals surface area (Å²) < 4.78 is 16.2. The summed E-state index contributed by atoms with van der Waals surface area (Å²) in [6, 6.07) is 17.8. The van der Waals surface area contributed by atoms with E-state index in [9.17, 15) is 9.59 Å². The highest BCUT2D eigenvalue weighted by molar-refractivity contribution is 7.14. The van der Waals surface area contributed by atoms with Crippen molar-refractivity contribution in [1.82, 2.24) is 0 Å². The van der Waals surface area contributed by atoms with Crippen LogP contribution in [0.1, 0.15) is 56.6 Å². The van der Waals surface area contributed by atoms with Gasteiger partial charge >= 0.3 is 5.97 Å². The maximum absolute atomic E-state index is 12.4. The summed E-state index contributed by atoms with van der Waals surface area (Å²) in [7, 11) is 3.05. The highest BCUT2D eigenvalue weighted by Crippen LogP contribution is 2.38. The van der Waals surface area contributed by atoms with Gasteiger partial charge in [-0.05, 0) is 60.4 Å². The van der Waals surface area contributed by atoms with Gasteiger partial charge in [-0.3, -0.25) is 9.59 Å². The van der Waals surface area contributed by atoms with Gasteiger partial charge in [0.15, 0.2) is 5.78 Å². The first-order valence-corrected chi connectivity index (χ1v) is 11.6. The lowest BCUT2D eigenvalue weighted by atomic mass is 9.84. The molecule has 3 aromatic rings. The first-order chi connectivity index (χ1) is 15.8. The number of aryl methyl sites for hydroxylation is 1. The van der Waals surface area contributed by atoms with Crippen molar-refractivity contribution in [3.05, 3.63) is 86.6 Å². The molecule has 2 atom stereocenters. The number of carbonyl (C=O) groups excluding carboxylic acids is 2. The van der Waals surface area contributed by atoms with Crippen LogP contribution in [-0.2, 0) is 27.5 Å². The van der Waals surface area contributed by atoms with Crippen LogP contribution in [0.5, 0.6) is 5.75 Å². The van der Waals surface area contributed by atoms with Crippen molar-refractivity contribution in [3.63, 3.8) is 0 Å². The minimum absolute atomic E-state index is 0.0206. The van der Waals surface area contributed by atoms with Crippen molar-refractivity contribution in [2.24, 2.45) is 5.92 Å². The van der Waals surface area contributed by atoms with E-state index < -0.39 is 5.92 Å². The summed E-state index contributed by atoms with van der Waals surface area (Å²) in [6.07, 6.45) is 0. The number of thiophene rings is 1. The number of Topliss-reactive ketones (excluding diaryl/α,β-unsaturated/α-hetero) is 1. The Kier molecular flexibility index (Phi) is 8.42. The largest absolute Gasteiger partial charge is 0.497 e. The number of rotatable bonds is 10. The number of hydrogen-bond acceptors (Lipinski definition) is 6. The Morgan fingerprint density at radius 2 is 1.70 bits per heavy atom. The molecule has 1 aromatic heterocycles. The van der Waals surface area contributed by atoms with Crippen LogP contribution in [0.15, 0.2) is 54.6 Å². The Labute approximate surface area is 199 Å². The molecular weight excluding hydrogens is 436 g/mol. The van der Waals surface area contributed by atoms with Gasteiger partial charge in [0.25, 0.3) is 0 Å². The number of esters is 1. The second kappa shape index (κ2) is 11.3. The van der Waals surface area contributed by atoms with Crippen molar-refractivity contribution in [3.8, 4) is 5.75 Å². The molecule has 0 saturated carbocycles. The van der Waals surface area contributed by atoms with Crippen molar-refractivity contribution in [1.29, 1.82) is 0 Å². The minimum atomic E-state index is -0.399. The van der Waals surface area contributed by atoms with E-state index in [4.69, 9.17) is 14.2 Å². The van der Waals surface area contributed by atoms with E-state index in [1.807, 2.05) is 56.3 Å². The monoisotopic (exact) mass is 466 g/mol. The van der Waals surface area contributed by atoms with Gasteiger partial charge in [-0.2, -0.15) is 0 Å². The van der Waals surface area contributed by atoms with Gasteiger partial charge in [0.1, 0.15) is 5.75 Å². The maximum atomic E-state index is 12.4. The lowest BCUT2D eigenvalue weighted by molar-refractivity contribution is -0.145. The summed E-state index contributed by atoms with van der Waals surface area (Å²) in [5.41, 5.74) is 4.25. The van der Waals surface area contributed by atoms with Crippen molar-refractivity contribution < 1.29 is 23.8 Å². The summed E-state index contributed by atoms with van der Waals surface area (Å²) in [4.78, 5) is 25.9. The van der Waals surface area contributed by atoms with Crippen LogP contribution in [-0.4, -0.2) is 26.0 Å². The Morgan fingerprint density at radius 3 is 2.30 bits per heavy atom. The molecule has 0 aliphatic carbocycles. The van der Waals surface area contributed by atoms with Crippen LogP contribution in [0, 0.1) is 12.8 Å². The predicted octanol–water partition coefficient (Wildman–Crippen LogP) is 5.93. The Bertz CT molecular complexity index is 1100. The number of hydrogen-bond donors (Lipinski definition) is 0. The zero-order valence-electron chi connectivity index (χ0n) is 19.7. The fourth-order valence-electron chi connectivity index (χ4n) is 3.77. The van der Waals surface area contributed by atoms with E-state index in [0.29, 0.717) is 18.1 Å². The second-order valence-corrected chi connectivity index (χ2v) is 9.19. The lowest BCUT2D eigenvalue weighted by Gasteiger charge is -2.23. The van der Waals surface area contributed by atoms with Crippen LogP contribution >= 0.6 is 11.3 Å². The highest BCUT2D eigenvalue weighted by Gasteiger charge is 2.30. The molecule has 33 heavy (non-hydrogen) atoms. The minimum Gasteiger partial charge on any atom is -0.497 e. The van der Waals surface area contributed by atoms with Crippen LogP contribution in [0.2, 0.25) is 0 Å². The molecular formula is C27H30O5S. The average molecular weight is 467 g/mol. The summed E-state index contributed by atoms with van der Waals surface area (Å²) in [5.74, 6) is -0.0572. The number of carbonyl (C=O) groups is 2. The molecule has 0 saturated heterocycles. The van der Waals surface area contributed by atoms with Gasteiger partial charge in [0.2, 0.25) is 0 Å². The summed E-state index contributed by atoms with van der Waals surface area (Å²) in [6.45, 7) is 6.41. The smallest absolute Gasteiger partial charge is 0.309 e. The molecule has 174 valence electrons. The fourth-order valence-corrected chi connectivity index (χ4v) is 4.91. The first-order valence-electron chi connectivity index (χ1n) is 10.8. The number of ether oxygens (including phenoxy) is 3. The molecule has 1 heterocycles. The summed E-state index contributed by atoms with van der Waals surface area (Å²) >= 11 is 1.43. The van der Waals surface area contributed by atoms with E-state index in [0.717, 1.165) is 32.9 Å². The molecule has 0 radical (unpaired) electrons. The van der Waals surface area contributed by atoms with Gasteiger partial charge in [-0.25, -0.2) is 0 Å². The maximum Gasteiger partial charge on any atom is 0.309 e. The molecule has 0 fully saturated rings. The average Bonchev–Trinajstić information content (AvgIpc) is 3.31. The van der Waals surface area contributed by atoms with Crippen molar-refractivity contribution in [2.75, 3.05) is 14.2 Å². The molecule has 0 spiro atoms. The van der Waals surface area contributed by atoms with Crippen molar-refractivity contribution >= 4 is 23.1 Å². The molecule has 0 aliphatic rings. The Hall–Kier alpha value is -2.96. The fraction of sp³-hybridized carbons (Fsp3) is 0.333. The molecule has 0 amide bonds. The third kappa shape index (κ3) is 6.09. The van der Waals surface area contributed by atoms with E-state index in [1.165, 1.54) is 18.4 Å². The molecule has 2 aromatic carbocycles. The molecule has 0 aliphatic heterocycles. The van der Waals surface area contributed by atoms with E-state index in [2.05, 4.69) is 12.1 Å². The molecule has 5 nitrogen and oxygen atoms in total. The van der Waals surface area contributed by atoms with Gasteiger partial charge in [-0.1, -0.05) is 37.3 Å². The van der Waals surface area contributed by atoms with Gasteiger partial charge in [0.05, 0.1) is 38.2 Å². The van der Waals surface area contributed by atoms with Gasteiger partial charge < -0.3 is 14.2 Å². The molecule has 6 heteroatoms. The van der Waals surface area contributed by atoms with E-state index in [1.54, 1.807) is 14.0 Å². The van der Waals surface area contributed by atoms with Crippen LogP contribution < -0.4 is 4.74 Å². The van der Waals surface area contributed by atoms with Crippen LogP contribution in [0.3, 0.4) is 0 Å². The third-order valence-corrected chi connectivity index (χ3v) is 7.04. The van der Waals surface area contributed by atoms with Gasteiger partial charge in [0, 0.05) is 10.8 Å². The quantitative estimate of drug-likeness (QED) is 0.274. The zero-order valence-corrected chi connectivity index (χ0v) is 20.5. The van der Waals surface area contributed by atoms with E-state index >= 15 is 0 Å². The highest BCUT2D eigenvalue weighted by atomic mass is 32.1. The molecule has 0 N–H and O–H groups in total. The normalized spacial score (nSPS) is 12.8. The number of methoxy groups -OCH3 is 2. The second-order valence-electron chi connectivity index (χ2n) is 8.07. The van der Waals surface area contributed by atoms with E-state index in [-0.39, 0.29) is 17.7 Å². The lowest BCUT2D eigenvalue weighted by Crippen LogP contribution is -2.21. The number of ketones is 1. The van der Waals surface area contributed by atoms with Crippen LogP contribution in [0.25, 0.3) is 0 Å². The standard InChI is InChI=1S/C27H30O5S/c1-17-6-9-21(14-22(17)16-32-15-20-7-10-23(30-4)11-8-20)26(18(2)27(29)31-5)25-13-12-24(33-25)19(3)28/h6-14,18,26H,15-16H2,1-5H3/t18-,26+/m0/s1. The van der Waals surface area contributed by atoms with Crippen LogP contribution in [0.4, 0.5) is 0 Å². The zero-order chi connectivity index (χ0) is 24.0. The summed E-state index contributed by atoms with van der Waals surface area (Å²) in [5, 5.41) is 0.